The van der Waals surface area contributed by atoms with E-state index in [4.69, 9.17) is 0 Å². The summed E-state index contributed by atoms with van der Waals surface area (Å²) >= 11 is 0. The van der Waals surface area contributed by atoms with Crippen molar-refractivity contribution in [1.29, 1.82) is 0 Å². The zero-order valence-corrected chi connectivity index (χ0v) is 12.3. The monoisotopic (exact) mass is 263 g/mol. The molecule has 106 valence electrons. The predicted molar refractivity (Wildman–Crippen MR) is 74.7 cm³/mol. The molecular formula is C14H25N5. The lowest BCUT2D eigenvalue weighted by molar-refractivity contribution is 0.00951. The molecule has 1 aromatic heterocycles. The van der Waals surface area contributed by atoms with E-state index in [9.17, 15) is 0 Å². The largest absolute Gasteiger partial charge is 0.309 e. The molecule has 1 aliphatic heterocycles. The molecule has 1 spiro atoms. The van der Waals surface area contributed by atoms with Gasteiger partial charge in [0.1, 0.15) is 12.2 Å². The van der Waals surface area contributed by atoms with Gasteiger partial charge in [-0.05, 0) is 26.7 Å². The molecule has 5 nitrogen and oxygen atoms in total. The standard InChI is InChI=1S/C14H25N5/c1-13(2)10-19(8-12-15-11-17-18(12)3)14(9-16-13)6-4-5-7-14/h11,16H,4-10H2,1-3H3. The van der Waals surface area contributed by atoms with Crippen LogP contribution in [0.25, 0.3) is 0 Å². The molecule has 1 N–H and O–H groups in total. The van der Waals surface area contributed by atoms with Crippen molar-refractivity contribution in [3.05, 3.63) is 12.2 Å². The minimum Gasteiger partial charge on any atom is -0.309 e. The quantitative estimate of drug-likeness (QED) is 0.874. The molecule has 1 aliphatic carbocycles. The Hall–Kier alpha value is -0.940. The van der Waals surface area contributed by atoms with Gasteiger partial charge in [0, 0.05) is 31.2 Å². The Morgan fingerprint density at radius 3 is 2.68 bits per heavy atom. The van der Waals surface area contributed by atoms with Crippen molar-refractivity contribution in [2.24, 2.45) is 7.05 Å². The van der Waals surface area contributed by atoms with Gasteiger partial charge in [0.05, 0.1) is 6.54 Å². The molecule has 19 heavy (non-hydrogen) atoms. The van der Waals surface area contributed by atoms with Gasteiger partial charge in [0.15, 0.2) is 0 Å². The topological polar surface area (TPSA) is 46.0 Å². The molecule has 3 rings (SSSR count). The average Bonchev–Trinajstić information content (AvgIpc) is 2.96. The summed E-state index contributed by atoms with van der Waals surface area (Å²) in [6.07, 6.45) is 7.00. The van der Waals surface area contributed by atoms with Gasteiger partial charge in [-0.15, -0.1) is 0 Å². The highest BCUT2D eigenvalue weighted by Gasteiger charge is 2.45. The Morgan fingerprint density at radius 2 is 2.05 bits per heavy atom. The second-order valence-corrected chi connectivity index (χ2v) is 6.82. The molecule has 5 heteroatoms. The van der Waals surface area contributed by atoms with Crippen LogP contribution in [0.15, 0.2) is 6.33 Å². The first-order chi connectivity index (χ1) is 9.01. The first-order valence-electron chi connectivity index (χ1n) is 7.34. The number of nitrogens with zero attached hydrogens (tertiary/aromatic N) is 4. The van der Waals surface area contributed by atoms with E-state index in [-0.39, 0.29) is 5.54 Å². The van der Waals surface area contributed by atoms with E-state index in [1.807, 2.05) is 11.7 Å². The number of hydrogen-bond acceptors (Lipinski definition) is 4. The Morgan fingerprint density at radius 1 is 1.32 bits per heavy atom. The summed E-state index contributed by atoms with van der Waals surface area (Å²) in [4.78, 5) is 7.06. The smallest absolute Gasteiger partial charge is 0.140 e. The van der Waals surface area contributed by atoms with Gasteiger partial charge in [-0.2, -0.15) is 5.10 Å². The lowest BCUT2D eigenvalue weighted by Crippen LogP contribution is -2.67. The molecule has 2 heterocycles. The second-order valence-electron chi connectivity index (χ2n) is 6.82. The predicted octanol–water partition coefficient (Wildman–Crippen LogP) is 1.31. The van der Waals surface area contributed by atoms with Crippen LogP contribution >= 0.6 is 0 Å². The maximum Gasteiger partial charge on any atom is 0.140 e. The van der Waals surface area contributed by atoms with Crippen LogP contribution in [-0.2, 0) is 13.6 Å². The van der Waals surface area contributed by atoms with E-state index in [0.717, 1.165) is 25.5 Å². The summed E-state index contributed by atoms with van der Waals surface area (Å²) in [6, 6.07) is 0. The molecule has 0 radical (unpaired) electrons. The number of piperazine rings is 1. The van der Waals surface area contributed by atoms with Crippen molar-refractivity contribution < 1.29 is 0 Å². The number of nitrogens with one attached hydrogen (secondary N) is 1. The van der Waals surface area contributed by atoms with Crippen molar-refractivity contribution in [1.82, 2.24) is 25.0 Å². The summed E-state index contributed by atoms with van der Waals surface area (Å²) in [5.74, 6) is 1.07. The molecular weight excluding hydrogens is 238 g/mol. The summed E-state index contributed by atoms with van der Waals surface area (Å²) in [7, 11) is 1.98. The van der Waals surface area contributed by atoms with Crippen LogP contribution in [-0.4, -0.2) is 43.8 Å². The highest BCUT2D eigenvalue weighted by Crippen LogP contribution is 2.39. The molecule has 1 saturated carbocycles. The maximum absolute atomic E-state index is 4.40. The molecule has 0 aromatic carbocycles. The van der Waals surface area contributed by atoms with Gasteiger partial charge in [0.2, 0.25) is 0 Å². The number of rotatable bonds is 2. The van der Waals surface area contributed by atoms with Crippen molar-refractivity contribution in [2.75, 3.05) is 13.1 Å². The van der Waals surface area contributed by atoms with Gasteiger partial charge >= 0.3 is 0 Å². The van der Waals surface area contributed by atoms with Gasteiger partial charge in [-0.1, -0.05) is 12.8 Å². The van der Waals surface area contributed by atoms with Crippen LogP contribution < -0.4 is 5.32 Å². The SMILES string of the molecule is Cn1ncnc1CN1CC(C)(C)NCC12CCCC2. The molecule has 2 fully saturated rings. The Labute approximate surface area is 115 Å². The average molecular weight is 263 g/mol. The van der Waals surface area contributed by atoms with Crippen LogP contribution in [0.3, 0.4) is 0 Å². The zero-order chi connectivity index (χ0) is 13.5. The maximum atomic E-state index is 4.40. The Kier molecular flexibility index (Phi) is 3.14. The van der Waals surface area contributed by atoms with E-state index < -0.39 is 0 Å². The molecule has 1 aromatic rings. The Bertz CT molecular complexity index is 444. The normalized spacial score (nSPS) is 26.1. The van der Waals surface area contributed by atoms with Crippen LogP contribution in [0.1, 0.15) is 45.4 Å². The summed E-state index contributed by atoms with van der Waals surface area (Å²) in [6.45, 7) is 7.69. The fraction of sp³-hybridized carbons (Fsp3) is 0.857. The van der Waals surface area contributed by atoms with Crippen LogP contribution in [0.5, 0.6) is 0 Å². The zero-order valence-electron chi connectivity index (χ0n) is 12.3. The first kappa shape index (κ1) is 13.1. The summed E-state index contributed by atoms with van der Waals surface area (Å²) in [5.41, 5.74) is 0.536. The van der Waals surface area contributed by atoms with Crippen LogP contribution in [0.2, 0.25) is 0 Å². The third kappa shape index (κ3) is 2.41. The number of hydrogen-bond donors (Lipinski definition) is 1. The Balaban J connectivity index is 1.83. The fourth-order valence-corrected chi connectivity index (χ4v) is 3.60. The lowest BCUT2D eigenvalue weighted by atomic mass is 9.87. The molecule has 2 aliphatic rings. The third-order valence-corrected chi connectivity index (χ3v) is 4.82. The molecule has 0 bridgehead atoms. The highest BCUT2D eigenvalue weighted by atomic mass is 15.4. The van der Waals surface area contributed by atoms with E-state index in [1.54, 1.807) is 6.33 Å². The van der Waals surface area contributed by atoms with Gasteiger partial charge in [-0.3, -0.25) is 9.58 Å². The van der Waals surface area contributed by atoms with Crippen molar-refractivity contribution in [3.63, 3.8) is 0 Å². The molecule has 0 unspecified atom stereocenters. The fourth-order valence-electron chi connectivity index (χ4n) is 3.60. The molecule has 0 amide bonds. The highest BCUT2D eigenvalue weighted by molar-refractivity contribution is 5.05. The van der Waals surface area contributed by atoms with Crippen LogP contribution in [0.4, 0.5) is 0 Å². The van der Waals surface area contributed by atoms with Gasteiger partial charge in [-0.25, -0.2) is 4.98 Å². The molecule has 1 saturated heterocycles. The summed E-state index contributed by atoms with van der Waals surface area (Å²) < 4.78 is 1.90. The van der Waals surface area contributed by atoms with E-state index in [0.29, 0.717) is 5.54 Å². The summed E-state index contributed by atoms with van der Waals surface area (Å²) in [5, 5.41) is 7.93. The molecule has 0 atom stereocenters. The van der Waals surface area contributed by atoms with Crippen molar-refractivity contribution >= 4 is 0 Å². The van der Waals surface area contributed by atoms with Gasteiger partial charge in [0.25, 0.3) is 0 Å². The van der Waals surface area contributed by atoms with Gasteiger partial charge < -0.3 is 5.32 Å². The third-order valence-electron chi connectivity index (χ3n) is 4.82. The van der Waals surface area contributed by atoms with Crippen molar-refractivity contribution in [2.45, 2.75) is 57.2 Å². The first-order valence-corrected chi connectivity index (χ1v) is 7.34. The minimum absolute atomic E-state index is 0.187. The van der Waals surface area contributed by atoms with Crippen LogP contribution in [0, 0.1) is 0 Å². The second kappa shape index (κ2) is 4.56. The van der Waals surface area contributed by atoms with E-state index >= 15 is 0 Å². The number of aromatic nitrogens is 3. The van der Waals surface area contributed by atoms with E-state index in [2.05, 4.69) is 34.1 Å². The van der Waals surface area contributed by atoms with E-state index in [1.165, 1.54) is 25.7 Å². The van der Waals surface area contributed by atoms with Crippen molar-refractivity contribution in [3.8, 4) is 0 Å². The lowest BCUT2D eigenvalue weighted by Gasteiger charge is -2.51. The minimum atomic E-state index is 0.187. The number of aryl methyl sites for hydroxylation is 1.